The van der Waals surface area contributed by atoms with E-state index in [9.17, 15) is 14.7 Å². The molecule has 0 bridgehead atoms. The predicted molar refractivity (Wildman–Crippen MR) is 87.3 cm³/mol. The molecule has 1 aromatic rings. The summed E-state index contributed by atoms with van der Waals surface area (Å²) in [7, 11) is 0. The van der Waals surface area contributed by atoms with E-state index in [0.29, 0.717) is 17.3 Å². The molecule has 6 nitrogen and oxygen atoms in total. The molecule has 2 aliphatic rings. The molecule has 0 heterocycles. The molecule has 0 saturated heterocycles. The highest BCUT2D eigenvalue weighted by Gasteiger charge is 2.25. The molecular weight excluding hydrogens is 294 g/mol. The number of anilines is 1. The number of hydrogen-bond acceptors (Lipinski definition) is 3. The van der Waals surface area contributed by atoms with E-state index in [0.717, 1.165) is 38.5 Å². The number of hydrogen-bond donors (Lipinski definition) is 4. The average molecular weight is 317 g/mol. The monoisotopic (exact) mass is 317 g/mol. The van der Waals surface area contributed by atoms with E-state index < -0.39 is 6.10 Å². The van der Waals surface area contributed by atoms with Crippen molar-refractivity contribution in [1.82, 2.24) is 10.6 Å². The van der Waals surface area contributed by atoms with E-state index >= 15 is 0 Å². The Hall–Kier alpha value is -2.08. The second-order valence-corrected chi connectivity index (χ2v) is 6.39. The summed E-state index contributed by atoms with van der Waals surface area (Å²) in [5.41, 5.74) is 1.10. The van der Waals surface area contributed by atoms with E-state index in [1.807, 2.05) is 0 Å². The van der Waals surface area contributed by atoms with E-state index in [1.54, 1.807) is 24.3 Å². The van der Waals surface area contributed by atoms with Gasteiger partial charge in [-0.25, -0.2) is 4.79 Å². The molecule has 4 N–H and O–H groups in total. The highest BCUT2D eigenvalue weighted by molar-refractivity contribution is 5.97. The third-order valence-electron chi connectivity index (χ3n) is 4.34. The lowest BCUT2D eigenvalue weighted by atomic mass is 9.93. The van der Waals surface area contributed by atoms with Gasteiger partial charge in [0.1, 0.15) is 0 Å². The van der Waals surface area contributed by atoms with Crippen molar-refractivity contribution in [2.75, 3.05) is 5.32 Å². The molecule has 0 aliphatic heterocycles. The van der Waals surface area contributed by atoms with Gasteiger partial charge in [-0.2, -0.15) is 0 Å². The molecule has 0 aromatic heterocycles. The molecule has 2 atom stereocenters. The van der Waals surface area contributed by atoms with Gasteiger partial charge in [0.2, 0.25) is 0 Å². The van der Waals surface area contributed by atoms with Crippen molar-refractivity contribution in [2.45, 2.75) is 56.7 Å². The summed E-state index contributed by atoms with van der Waals surface area (Å²) >= 11 is 0. The van der Waals surface area contributed by atoms with Crippen LogP contribution in [0, 0.1) is 0 Å². The van der Waals surface area contributed by atoms with Crippen molar-refractivity contribution in [2.24, 2.45) is 0 Å². The van der Waals surface area contributed by atoms with Crippen LogP contribution in [0.3, 0.4) is 0 Å². The van der Waals surface area contributed by atoms with Crippen molar-refractivity contribution in [3.05, 3.63) is 29.8 Å². The first kappa shape index (κ1) is 15.8. The number of carbonyl (C=O) groups is 2. The third kappa shape index (κ3) is 4.45. The lowest BCUT2D eigenvalue weighted by Gasteiger charge is -2.28. The fourth-order valence-corrected chi connectivity index (χ4v) is 2.85. The number of aliphatic hydroxyl groups excluding tert-OH is 1. The molecule has 124 valence electrons. The van der Waals surface area contributed by atoms with Gasteiger partial charge < -0.3 is 21.1 Å². The first-order valence-corrected chi connectivity index (χ1v) is 8.28. The standard InChI is InChI=1S/C17H23N3O3/c21-15-7-2-1-6-14(15)20-17(23)19-13-5-3-4-11(10-13)16(22)18-12-8-9-12/h3-5,10,12,14-15,21H,1-2,6-9H2,(H,18,22)(H2,19,20,23)/t14-,15-/m1/s1. The Kier molecular flexibility index (Phi) is 4.81. The summed E-state index contributed by atoms with van der Waals surface area (Å²) in [5, 5.41) is 18.4. The number of rotatable bonds is 4. The van der Waals surface area contributed by atoms with Crippen LogP contribution in [0.4, 0.5) is 10.5 Å². The summed E-state index contributed by atoms with van der Waals surface area (Å²) in [4.78, 5) is 24.1. The summed E-state index contributed by atoms with van der Waals surface area (Å²) in [6, 6.07) is 6.62. The molecule has 6 heteroatoms. The van der Waals surface area contributed by atoms with Crippen LogP contribution in [-0.4, -0.2) is 35.2 Å². The molecule has 1 aromatic carbocycles. The number of urea groups is 1. The predicted octanol–water partition coefficient (Wildman–Crippen LogP) is 2.00. The van der Waals surface area contributed by atoms with Crippen molar-refractivity contribution in [3.8, 4) is 0 Å². The maximum atomic E-state index is 12.1. The van der Waals surface area contributed by atoms with E-state index in [1.165, 1.54) is 0 Å². The molecule has 2 saturated carbocycles. The highest BCUT2D eigenvalue weighted by atomic mass is 16.3. The molecule has 3 amide bonds. The van der Waals surface area contributed by atoms with Gasteiger partial charge in [0, 0.05) is 17.3 Å². The van der Waals surface area contributed by atoms with Crippen molar-refractivity contribution in [3.63, 3.8) is 0 Å². The smallest absolute Gasteiger partial charge is 0.319 e. The minimum Gasteiger partial charge on any atom is -0.391 e. The van der Waals surface area contributed by atoms with Gasteiger partial charge in [-0.15, -0.1) is 0 Å². The van der Waals surface area contributed by atoms with Gasteiger partial charge in [0.15, 0.2) is 0 Å². The average Bonchev–Trinajstić information content (AvgIpc) is 3.34. The van der Waals surface area contributed by atoms with Gasteiger partial charge in [-0.05, 0) is 43.9 Å². The zero-order valence-corrected chi connectivity index (χ0v) is 13.0. The number of aliphatic hydroxyl groups is 1. The van der Waals surface area contributed by atoms with E-state index in [2.05, 4.69) is 16.0 Å². The maximum absolute atomic E-state index is 12.1. The number of nitrogens with one attached hydrogen (secondary N) is 3. The van der Waals surface area contributed by atoms with Gasteiger partial charge >= 0.3 is 6.03 Å². The first-order valence-electron chi connectivity index (χ1n) is 8.28. The molecular formula is C17H23N3O3. The van der Waals surface area contributed by atoms with Gasteiger partial charge in [0.05, 0.1) is 12.1 Å². The van der Waals surface area contributed by atoms with Crippen LogP contribution in [0.15, 0.2) is 24.3 Å². The second-order valence-electron chi connectivity index (χ2n) is 6.39. The Labute approximate surface area is 135 Å². The van der Waals surface area contributed by atoms with Crippen LogP contribution in [0.2, 0.25) is 0 Å². The van der Waals surface area contributed by atoms with Gasteiger partial charge in [0.25, 0.3) is 5.91 Å². The Morgan fingerprint density at radius 1 is 1.04 bits per heavy atom. The highest BCUT2D eigenvalue weighted by Crippen LogP contribution is 2.20. The van der Waals surface area contributed by atoms with Gasteiger partial charge in [-0.1, -0.05) is 18.9 Å². The van der Waals surface area contributed by atoms with Crippen molar-refractivity contribution in [1.29, 1.82) is 0 Å². The van der Waals surface area contributed by atoms with Crippen LogP contribution >= 0.6 is 0 Å². The molecule has 0 unspecified atom stereocenters. The number of carbonyl (C=O) groups excluding carboxylic acids is 2. The second kappa shape index (κ2) is 7.00. The molecule has 2 fully saturated rings. The lowest BCUT2D eigenvalue weighted by Crippen LogP contribution is -2.46. The lowest BCUT2D eigenvalue weighted by molar-refractivity contribution is 0.0950. The van der Waals surface area contributed by atoms with E-state index in [4.69, 9.17) is 0 Å². The van der Waals surface area contributed by atoms with Crippen LogP contribution in [0.25, 0.3) is 0 Å². The third-order valence-corrected chi connectivity index (χ3v) is 4.34. The fourth-order valence-electron chi connectivity index (χ4n) is 2.85. The molecule has 23 heavy (non-hydrogen) atoms. The number of amides is 3. The Bertz CT molecular complexity index is 586. The normalized spacial score (nSPS) is 23.9. The molecule has 3 rings (SSSR count). The van der Waals surface area contributed by atoms with Gasteiger partial charge in [-0.3, -0.25) is 4.79 Å². The van der Waals surface area contributed by atoms with E-state index in [-0.39, 0.29) is 18.0 Å². The largest absolute Gasteiger partial charge is 0.391 e. The summed E-state index contributed by atoms with van der Waals surface area (Å²) in [6.07, 6.45) is 5.12. The van der Waals surface area contributed by atoms with Crippen molar-refractivity contribution < 1.29 is 14.7 Å². The molecule has 0 spiro atoms. The summed E-state index contributed by atoms with van der Waals surface area (Å²) < 4.78 is 0. The molecule has 2 aliphatic carbocycles. The minimum atomic E-state index is -0.481. The maximum Gasteiger partial charge on any atom is 0.319 e. The fraction of sp³-hybridized carbons (Fsp3) is 0.529. The number of benzene rings is 1. The molecule has 0 radical (unpaired) electrons. The minimum absolute atomic E-state index is 0.112. The SMILES string of the molecule is O=C(Nc1cccc(C(=O)NC2CC2)c1)N[C@@H]1CCCC[C@H]1O. The van der Waals surface area contributed by atoms with Crippen LogP contribution in [-0.2, 0) is 0 Å². The summed E-state index contributed by atoms with van der Waals surface area (Å²) in [6.45, 7) is 0. The quantitative estimate of drug-likeness (QED) is 0.684. The van der Waals surface area contributed by atoms with Crippen LogP contribution in [0.5, 0.6) is 0 Å². The first-order chi connectivity index (χ1) is 11.1. The zero-order valence-electron chi connectivity index (χ0n) is 13.0. The Morgan fingerprint density at radius 2 is 1.83 bits per heavy atom. The van der Waals surface area contributed by atoms with Crippen molar-refractivity contribution >= 4 is 17.6 Å². The Balaban J connectivity index is 1.56. The Morgan fingerprint density at radius 3 is 2.57 bits per heavy atom. The van der Waals surface area contributed by atoms with Crippen LogP contribution in [0.1, 0.15) is 48.9 Å². The summed E-state index contributed by atoms with van der Waals surface area (Å²) in [5.74, 6) is -0.112. The topological polar surface area (TPSA) is 90.5 Å². The van der Waals surface area contributed by atoms with Crippen LogP contribution < -0.4 is 16.0 Å². The zero-order chi connectivity index (χ0) is 16.2.